The number of thiazole rings is 1. The second-order valence-corrected chi connectivity index (χ2v) is 9.07. The van der Waals surface area contributed by atoms with Gasteiger partial charge >= 0.3 is 0 Å². The predicted molar refractivity (Wildman–Crippen MR) is 122 cm³/mol. The molecule has 4 rings (SSSR count). The quantitative estimate of drug-likeness (QED) is 0.546. The van der Waals surface area contributed by atoms with E-state index in [1.54, 1.807) is 12.1 Å². The highest BCUT2D eigenvalue weighted by Gasteiger charge is 2.24. The van der Waals surface area contributed by atoms with Gasteiger partial charge in [-0.15, -0.1) is 23.1 Å². The summed E-state index contributed by atoms with van der Waals surface area (Å²) >= 11 is 2.85. The van der Waals surface area contributed by atoms with E-state index in [-0.39, 0.29) is 17.1 Å². The molecule has 2 amide bonds. The van der Waals surface area contributed by atoms with E-state index in [0.717, 1.165) is 28.3 Å². The van der Waals surface area contributed by atoms with Gasteiger partial charge in [-0.1, -0.05) is 6.92 Å². The number of fused-ring (bicyclic) bond motifs is 1. The number of nitrogens with one attached hydrogen (secondary N) is 2. The second-order valence-electron chi connectivity index (χ2n) is 6.83. The molecule has 1 aliphatic heterocycles. The minimum absolute atomic E-state index is 0.0549. The van der Waals surface area contributed by atoms with Gasteiger partial charge in [-0.25, -0.2) is 4.98 Å². The highest BCUT2D eigenvalue weighted by atomic mass is 32.2. The third kappa shape index (κ3) is 4.49. The van der Waals surface area contributed by atoms with Crippen LogP contribution in [0.4, 0.5) is 10.8 Å². The van der Waals surface area contributed by atoms with Gasteiger partial charge in [0.25, 0.3) is 5.91 Å². The SMILES string of the molecule is CCCOc1ccc(-c2csc(NC(=O)c3ccc4c(c3)NC(=O)C(C)S4)n2)cc1. The fourth-order valence-corrected chi connectivity index (χ4v) is 4.57. The predicted octanol–water partition coefficient (Wildman–Crippen LogP) is 5.28. The Morgan fingerprint density at radius 1 is 1.23 bits per heavy atom. The molecule has 30 heavy (non-hydrogen) atoms. The molecule has 8 heteroatoms. The maximum Gasteiger partial charge on any atom is 0.257 e. The first kappa shape index (κ1) is 20.4. The molecule has 1 atom stereocenters. The topological polar surface area (TPSA) is 80.3 Å². The summed E-state index contributed by atoms with van der Waals surface area (Å²) in [5, 5.41) is 7.97. The first-order chi connectivity index (χ1) is 14.5. The molecule has 0 spiro atoms. The molecule has 2 heterocycles. The van der Waals surface area contributed by atoms with E-state index in [9.17, 15) is 9.59 Å². The van der Waals surface area contributed by atoms with Crippen LogP contribution in [-0.2, 0) is 4.79 Å². The highest BCUT2D eigenvalue weighted by molar-refractivity contribution is 8.00. The number of carbonyl (C=O) groups excluding carboxylic acids is 2. The van der Waals surface area contributed by atoms with E-state index in [4.69, 9.17) is 4.74 Å². The van der Waals surface area contributed by atoms with Crippen LogP contribution < -0.4 is 15.4 Å². The molecule has 3 aromatic rings. The van der Waals surface area contributed by atoms with Crippen LogP contribution in [0.1, 0.15) is 30.6 Å². The van der Waals surface area contributed by atoms with Crippen LogP contribution in [0.5, 0.6) is 5.75 Å². The van der Waals surface area contributed by atoms with Crippen molar-refractivity contribution in [2.24, 2.45) is 0 Å². The third-order valence-electron chi connectivity index (χ3n) is 4.52. The van der Waals surface area contributed by atoms with E-state index in [2.05, 4.69) is 22.5 Å². The average molecular weight is 440 g/mol. The molecule has 0 bridgehead atoms. The number of nitrogens with zero attached hydrogens (tertiary/aromatic N) is 1. The molecular weight excluding hydrogens is 418 g/mol. The van der Waals surface area contributed by atoms with Crippen LogP contribution in [0, 0.1) is 0 Å². The maximum absolute atomic E-state index is 12.7. The Kier molecular flexibility index (Phi) is 6.06. The Labute approximate surface area is 183 Å². The summed E-state index contributed by atoms with van der Waals surface area (Å²) < 4.78 is 5.60. The van der Waals surface area contributed by atoms with E-state index in [0.29, 0.717) is 23.0 Å². The number of carbonyl (C=O) groups is 2. The molecule has 0 fully saturated rings. The van der Waals surface area contributed by atoms with Gasteiger partial charge in [-0.3, -0.25) is 14.9 Å². The molecule has 2 N–H and O–H groups in total. The molecule has 6 nitrogen and oxygen atoms in total. The first-order valence-corrected chi connectivity index (χ1v) is 11.4. The van der Waals surface area contributed by atoms with E-state index in [1.807, 2.05) is 42.6 Å². The summed E-state index contributed by atoms with van der Waals surface area (Å²) in [6.07, 6.45) is 0.964. The number of rotatable bonds is 6. The number of benzene rings is 2. The minimum atomic E-state index is -0.264. The number of anilines is 2. The van der Waals surface area contributed by atoms with Crippen LogP contribution in [-0.4, -0.2) is 28.7 Å². The Morgan fingerprint density at radius 3 is 2.80 bits per heavy atom. The molecular formula is C22H21N3O3S2. The summed E-state index contributed by atoms with van der Waals surface area (Å²) in [5.41, 5.74) is 2.89. The highest BCUT2D eigenvalue weighted by Crippen LogP contribution is 2.36. The van der Waals surface area contributed by atoms with Crippen LogP contribution in [0.3, 0.4) is 0 Å². The van der Waals surface area contributed by atoms with E-state index >= 15 is 0 Å². The smallest absolute Gasteiger partial charge is 0.257 e. The number of hydrogen-bond acceptors (Lipinski definition) is 6. The van der Waals surface area contributed by atoms with Gasteiger partial charge in [0, 0.05) is 21.4 Å². The van der Waals surface area contributed by atoms with Crippen molar-refractivity contribution in [1.29, 1.82) is 0 Å². The van der Waals surface area contributed by atoms with Gasteiger partial charge in [-0.05, 0) is 55.8 Å². The summed E-state index contributed by atoms with van der Waals surface area (Å²) in [6.45, 7) is 4.62. The zero-order valence-electron chi connectivity index (χ0n) is 16.6. The lowest BCUT2D eigenvalue weighted by Crippen LogP contribution is -2.26. The van der Waals surface area contributed by atoms with Crippen molar-refractivity contribution in [1.82, 2.24) is 4.98 Å². The molecule has 1 aliphatic rings. The van der Waals surface area contributed by atoms with Crippen molar-refractivity contribution in [3.63, 3.8) is 0 Å². The number of ether oxygens (including phenoxy) is 1. The Balaban J connectivity index is 1.44. The molecule has 1 unspecified atom stereocenters. The Bertz CT molecular complexity index is 1080. The van der Waals surface area contributed by atoms with Crippen LogP contribution in [0.15, 0.2) is 52.7 Å². The van der Waals surface area contributed by atoms with Crippen LogP contribution in [0.2, 0.25) is 0 Å². The standard InChI is InChI=1S/C22H21N3O3S2/c1-3-10-28-16-7-4-14(5-8-16)18-12-29-22(24-18)25-21(27)15-6-9-19-17(11-15)23-20(26)13(2)30-19/h4-9,11-13H,3,10H2,1-2H3,(H,23,26)(H,24,25,27). The molecule has 2 aromatic carbocycles. The third-order valence-corrected chi connectivity index (χ3v) is 6.46. The lowest BCUT2D eigenvalue weighted by Gasteiger charge is -2.21. The van der Waals surface area contributed by atoms with Crippen molar-refractivity contribution in [3.8, 4) is 17.0 Å². The first-order valence-electron chi connectivity index (χ1n) is 9.65. The zero-order valence-corrected chi connectivity index (χ0v) is 18.2. The number of hydrogen-bond donors (Lipinski definition) is 2. The molecule has 0 saturated carbocycles. The number of aromatic nitrogens is 1. The summed E-state index contributed by atoms with van der Waals surface area (Å²) in [4.78, 5) is 30.0. The van der Waals surface area contributed by atoms with Gasteiger partial charge in [-0.2, -0.15) is 0 Å². The lowest BCUT2D eigenvalue weighted by molar-refractivity contribution is -0.115. The largest absolute Gasteiger partial charge is 0.494 e. The van der Waals surface area contributed by atoms with Gasteiger partial charge in [0.1, 0.15) is 5.75 Å². The molecule has 1 aromatic heterocycles. The fraction of sp³-hybridized carbons (Fsp3) is 0.227. The maximum atomic E-state index is 12.7. The average Bonchev–Trinajstić information content (AvgIpc) is 3.21. The van der Waals surface area contributed by atoms with Gasteiger partial charge < -0.3 is 10.1 Å². The van der Waals surface area contributed by atoms with Crippen molar-refractivity contribution < 1.29 is 14.3 Å². The molecule has 0 radical (unpaired) electrons. The van der Waals surface area contributed by atoms with Gasteiger partial charge in [0.05, 0.1) is 23.2 Å². The summed E-state index contributed by atoms with van der Waals surface area (Å²) in [7, 11) is 0. The van der Waals surface area contributed by atoms with E-state index < -0.39 is 0 Å². The Hall–Kier alpha value is -2.84. The van der Waals surface area contributed by atoms with Crippen molar-refractivity contribution in [2.75, 3.05) is 17.2 Å². The van der Waals surface area contributed by atoms with Crippen LogP contribution in [0.25, 0.3) is 11.3 Å². The minimum Gasteiger partial charge on any atom is -0.494 e. The zero-order chi connectivity index (χ0) is 21.1. The van der Waals surface area contributed by atoms with Crippen molar-refractivity contribution in [3.05, 3.63) is 53.4 Å². The van der Waals surface area contributed by atoms with Gasteiger partial charge in [0.2, 0.25) is 5.91 Å². The fourth-order valence-electron chi connectivity index (χ4n) is 2.92. The van der Waals surface area contributed by atoms with Crippen molar-refractivity contribution in [2.45, 2.75) is 30.4 Å². The lowest BCUT2D eigenvalue weighted by atomic mass is 10.1. The normalized spacial score (nSPS) is 15.3. The Morgan fingerprint density at radius 2 is 2.03 bits per heavy atom. The number of thioether (sulfide) groups is 1. The van der Waals surface area contributed by atoms with Crippen molar-refractivity contribution >= 4 is 45.7 Å². The molecule has 0 saturated heterocycles. The molecule has 0 aliphatic carbocycles. The van der Waals surface area contributed by atoms with Crippen LogP contribution >= 0.6 is 23.1 Å². The summed E-state index contributed by atoms with van der Waals surface area (Å²) in [5.74, 6) is 0.511. The summed E-state index contributed by atoms with van der Waals surface area (Å²) in [6, 6.07) is 13.1. The molecule has 154 valence electrons. The monoisotopic (exact) mass is 439 g/mol. The number of amides is 2. The second kappa shape index (κ2) is 8.89. The van der Waals surface area contributed by atoms with E-state index in [1.165, 1.54) is 23.1 Å². The van der Waals surface area contributed by atoms with Gasteiger partial charge in [0.15, 0.2) is 5.13 Å².